The summed E-state index contributed by atoms with van der Waals surface area (Å²) in [6.45, 7) is 6.03. The van der Waals surface area contributed by atoms with Gasteiger partial charge < -0.3 is 10.1 Å². The average molecular weight is 393 g/mol. The third-order valence-corrected chi connectivity index (χ3v) is 6.80. The number of hydrogen-bond donors (Lipinski definition) is 1. The van der Waals surface area contributed by atoms with Gasteiger partial charge in [-0.15, -0.1) is 0 Å². The molecule has 1 saturated heterocycles. The van der Waals surface area contributed by atoms with Gasteiger partial charge in [-0.1, -0.05) is 32.4 Å². The van der Waals surface area contributed by atoms with Gasteiger partial charge in [0.25, 0.3) is 0 Å². The highest BCUT2D eigenvalue weighted by atomic mass is 35.5. The van der Waals surface area contributed by atoms with E-state index in [1.54, 1.807) is 18.2 Å². The van der Waals surface area contributed by atoms with Crippen molar-refractivity contribution in [1.29, 1.82) is 0 Å². The molecule has 2 atom stereocenters. The molecule has 1 aromatic rings. The molecule has 0 spiro atoms. The molecule has 27 heavy (non-hydrogen) atoms. The Morgan fingerprint density at radius 1 is 1.33 bits per heavy atom. The summed E-state index contributed by atoms with van der Waals surface area (Å²) in [4.78, 5) is 39.3. The molecule has 0 radical (unpaired) electrons. The third kappa shape index (κ3) is 3.10. The van der Waals surface area contributed by atoms with Gasteiger partial charge in [-0.05, 0) is 36.5 Å². The summed E-state index contributed by atoms with van der Waals surface area (Å²) in [7, 11) is 1.51. The molecule has 1 aliphatic heterocycles. The molecular formula is C20H25ClN2O4. The molecule has 1 N–H and O–H groups in total. The molecule has 2 fully saturated rings. The minimum atomic E-state index is -0.550. The summed E-state index contributed by atoms with van der Waals surface area (Å²) < 4.78 is 5.08. The van der Waals surface area contributed by atoms with Crippen molar-refractivity contribution in [3.8, 4) is 5.75 Å². The molecule has 6 nitrogen and oxygen atoms in total. The lowest BCUT2D eigenvalue weighted by Crippen LogP contribution is -2.59. The fraction of sp³-hybridized carbons (Fsp3) is 0.550. The molecule has 3 rings (SSSR count). The van der Waals surface area contributed by atoms with Gasteiger partial charge in [0.2, 0.25) is 17.7 Å². The predicted octanol–water partition coefficient (Wildman–Crippen LogP) is 3.49. The highest BCUT2D eigenvalue weighted by Gasteiger charge is 2.64. The Balaban J connectivity index is 1.65. The second-order valence-corrected chi connectivity index (χ2v) is 8.49. The first-order valence-electron chi connectivity index (χ1n) is 9.11. The lowest BCUT2D eigenvalue weighted by Gasteiger charge is -2.47. The summed E-state index contributed by atoms with van der Waals surface area (Å²) >= 11 is 6.06. The number of anilines is 1. The highest BCUT2D eigenvalue weighted by molar-refractivity contribution is 6.32. The van der Waals surface area contributed by atoms with E-state index in [0.717, 1.165) is 6.42 Å². The van der Waals surface area contributed by atoms with Crippen LogP contribution < -0.4 is 10.1 Å². The molecule has 2 aliphatic rings. The maximum atomic E-state index is 13.0. The Kier molecular flexibility index (Phi) is 4.97. The Hall–Kier alpha value is -2.08. The number of benzene rings is 1. The lowest BCUT2D eigenvalue weighted by molar-refractivity contribution is -0.167. The molecule has 1 heterocycles. The third-order valence-electron chi connectivity index (χ3n) is 6.51. The quantitative estimate of drug-likeness (QED) is 0.778. The first-order valence-corrected chi connectivity index (χ1v) is 9.49. The Morgan fingerprint density at radius 3 is 2.67 bits per heavy atom. The van der Waals surface area contributed by atoms with E-state index in [1.807, 2.05) is 20.8 Å². The number of halogens is 1. The number of amides is 3. The van der Waals surface area contributed by atoms with Crippen molar-refractivity contribution in [1.82, 2.24) is 4.90 Å². The lowest BCUT2D eigenvalue weighted by atomic mass is 9.62. The first-order chi connectivity index (χ1) is 12.6. The summed E-state index contributed by atoms with van der Waals surface area (Å²) in [5.74, 6) is -0.236. The van der Waals surface area contributed by atoms with Gasteiger partial charge in [0.15, 0.2) is 0 Å². The normalized spacial score (nSPS) is 26.3. The van der Waals surface area contributed by atoms with E-state index in [1.165, 1.54) is 12.0 Å². The van der Waals surface area contributed by atoms with Crippen LogP contribution in [0, 0.1) is 16.7 Å². The Labute approximate surface area is 164 Å². The predicted molar refractivity (Wildman–Crippen MR) is 103 cm³/mol. The summed E-state index contributed by atoms with van der Waals surface area (Å²) in [6.07, 6.45) is 1.48. The van der Waals surface area contributed by atoms with Crippen molar-refractivity contribution >= 4 is 35.0 Å². The van der Waals surface area contributed by atoms with Crippen LogP contribution >= 0.6 is 11.6 Å². The van der Waals surface area contributed by atoms with Gasteiger partial charge in [-0.2, -0.15) is 0 Å². The van der Waals surface area contributed by atoms with Gasteiger partial charge in [0, 0.05) is 24.6 Å². The van der Waals surface area contributed by atoms with Gasteiger partial charge in [0.1, 0.15) is 5.75 Å². The van der Waals surface area contributed by atoms with Crippen LogP contribution in [0.3, 0.4) is 0 Å². The zero-order valence-corrected chi connectivity index (χ0v) is 16.9. The molecule has 146 valence electrons. The van der Waals surface area contributed by atoms with E-state index in [4.69, 9.17) is 16.3 Å². The molecule has 1 aromatic carbocycles. The molecule has 3 amide bonds. The second kappa shape index (κ2) is 6.82. The minimum absolute atomic E-state index is 0.0460. The van der Waals surface area contributed by atoms with Crippen LogP contribution in [0.5, 0.6) is 5.75 Å². The summed E-state index contributed by atoms with van der Waals surface area (Å²) in [6, 6.07) is 4.94. The average Bonchev–Trinajstić information content (AvgIpc) is 2.79. The maximum Gasteiger partial charge on any atom is 0.235 e. The van der Waals surface area contributed by atoms with Crippen LogP contribution in [-0.2, 0) is 14.4 Å². The minimum Gasteiger partial charge on any atom is -0.495 e. The number of rotatable bonds is 5. The standard InChI is InChI=1S/C20H25ClN2O4/c1-19(2)13-7-9-20(19,3)18(26)23(17(13)25)10-8-16(24)22-12-5-6-15(27-4)14(21)11-12/h5-6,11,13H,7-10H2,1-4H3,(H,22,24). The van der Waals surface area contributed by atoms with Crippen molar-refractivity contribution in [2.75, 3.05) is 19.0 Å². The number of fused-ring (bicyclic) bond motifs is 2. The largest absolute Gasteiger partial charge is 0.495 e. The van der Waals surface area contributed by atoms with Crippen molar-refractivity contribution in [3.05, 3.63) is 23.2 Å². The molecule has 7 heteroatoms. The molecule has 2 unspecified atom stereocenters. The number of imide groups is 1. The van der Waals surface area contributed by atoms with Gasteiger partial charge in [0.05, 0.1) is 17.5 Å². The first kappa shape index (κ1) is 19.7. The SMILES string of the molecule is COc1ccc(NC(=O)CCN2C(=O)C3CCC(C)(C2=O)C3(C)C)cc1Cl. The Bertz CT molecular complexity index is 807. The van der Waals surface area contributed by atoms with Crippen LogP contribution in [0.1, 0.15) is 40.0 Å². The molecule has 0 aromatic heterocycles. The number of methoxy groups -OCH3 is 1. The molecule has 1 aliphatic carbocycles. The monoisotopic (exact) mass is 392 g/mol. The number of likely N-dealkylation sites (tertiary alicyclic amines) is 1. The van der Waals surface area contributed by atoms with E-state index in [-0.39, 0.29) is 42.0 Å². The maximum absolute atomic E-state index is 13.0. The Morgan fingerprint density at radius 2 is 2.04 bits per heavy atom. The fourth-order valence-electron chi connectivity index (χ4n) is 4.29. The van der Waals surface area contributed by atoms with E-state index >= 15 is 0 Å². The van der Waals surface area contributed by atoms with Crippen molar-refractivity contribution < 1.29 is 19.1 Å². The summed E-state index contributed by atoms with van der Waals surface area (Å²) in [5, 5.41) is 3.13. The van der Waals surface area contributed by atoms with Crippen LogP contribution in [0.4, 0.5) is 5.69 Å². The van der Waals surface area contributed by atoms with Gasteiger partial charge >= 0.3 is 0 Å². The van der Waals surface area contributed by atoms with Gasteiger partial charge in [-0.25, -0.2) is 0 Å². The fourth-order valence-corrected chi connectivity index (χ4v) is 4.55. The second-order valence-electron chi connectivity index (χ2n) is 8.09. The van der Waals surface area contributed by atoms with E-state index in [2.05, 4.69) is 5.32 Å². The van der Waals surface area contributed by atoms with Crippen molar-refractivity contribution in [2.24, 2.45) is 16.7 Å². The zero-order chi connectivity index (χ0) is 20.0. The number of piperidine rings is 1. The number of carbonyl (C=O) groups is 3. The number of ether oxygens (including phenoxy) is 1. The van der Waals surface area contributed by atoms with E-state index in [0.29, 0.717) is 22.9 Å². The van der Waals surface area contributed by atoms with Crippen LogP contribution in [0.25, 0.3) is 0 Å². The van der Waals surface area contributed by atoms with Crippen LogP contribution in [-0.4, -0.2) is 36.3 Å². The van der Waals surface area contributed by atoms with E-state index < -0.39 is 5.41 Å². The smallest absolute Gasteiger partial charge is 0.235 e. The van der Waals surface area contributed by atoms with Crippen LogP contribution in [0.15, 0.2) is 18.2 Å². The van der Waals surface area contributed by atoms with Crippen LogP contribution in [0.2, 0.25) is 5.02 Å². The molecule has 1 saturated carbocycles. The van der Waals surface area contributed by atoms with Crippen molar-refractivity contribution in [3.63, 3.8) is 0 Å². The number of nitrogens with zero attached hydrogens (tertiary/aromatic N) is 1. The number of hydrogen-bond acceptors (Lipinski definition) is 4. The topological polar surface area (TPSA) is 75.7 Å². The molecular weight excluding hydrogens is 368 g/mol. The summed E-state index contributed by atoms with van der Waals surface area (Å²) in [5.41, 5.74) is -0.360. The van der Waals surface area contributed by atoms with Crippen molar-refractivity contribution in [2.45, 2.75) is 40.0 Å². The number of nitrogens with one attached hydrogen (secondary N) is 1. The zero-order valence-electron chi connectivity index (χ0n) is 16.1. The number of carbonyl (C=O) groups excluding carboxylic acids is 3. The molecule has 2 bridgehead atoms. The van der Waals surface area contributed by atoms with Gasteiger partial charge in [-0.3, -0.25) is 19.3 Å². The highest BCUT2D eigenvalue weighted by Crippen LogP contribution is 2.60. The van der Waals surface area contributed by atoms with E-state index in [9.17, 15) is 14.4 Å².